The van der Waals surface area contributed by atoms with E-state index < -0.39 is 5.37 Å². The van der Waals surface area contributed by atoms with E-state index in [0.29, 0.717) is 11.3 Å². The van der Waals surface area contributed by atoms with Gasteiger partial charge in [-0.2, -0.15) is 0 Å². The highest BCUT2D eigenvalue weighted by Crippen LogP contribution is 2.42. The summed E-state index contributed by atoms with van der Waals surface area (Å²) in [7, 11) is 0. The molecule has 0 spiro atoms. The highest BCUT2D eigenvalue weighted by molar-refractivity contribution is 8.00. The van der Waals surface area contributed by atoms with Crippen LogP contribution in [0.1, 0.15) is 10.9 Å². The van der Waals surface area contributed by atoms with Crippen molar-refractivity contribution in [3.05, 3.63) is 34.9 Å². The molecule has 1 fully saturated rings. The Kier molecular flexibility index (Phi) is 3.29. The first-order valence-corrected chi connectivity index (χ1v) is 6.93. The second-order valence-corrected chi connectivity index (χ2v) is 5.40. The van der Waals surface area contributed by atoms with E-state index in [0.717, 1.165) is 0 Å². The Morgan fingerprint density at radius 2 is 1.84 bits per heavy atom. The Labute approximate surface area is 121 Å². The summed E-state index contributed by atoms with van der Waals surface area (Å²) in [6.07, 6.45) is 4.14. The average Bonchev–Trinajstić information content (AvgIpc) is 2.99. The summed E-state index contributed by atoms with van der Waals surface area (Å²) >= 11 is 13.5. The molecule has 1 aliphatic rings. The molecule has 0 bridgehead atoms. The summed E-state index contributed by atoms with van der Waals surface area (Å²) in [6.45, 7) is 0. The fraction of sp³-hybridized carbons (Fsp3) is 0.222. The predicted molar refractivity (Wildman–Crippen MR) is 70.5 cm³/mol. The summed E-state index contributed by atoms with van der Waals surface area (Å²) in [5.41, 5.74) is 0.510. The highest BCUT2D eigenvalue weighted by atomic mass is 35.5. The normalized spacial score (nSPS) is 19.2. The van der Waals surface area contributed by atoms with Gasteiger partial charge in [0.05, 0.1) is 11.3 Å². The maximum atomic E-state index is 12.0. The molecule has 3 heterocycles. The van der Waals surface area contributed by atoms with Gasteiger partial charge in [0.15, 0.2) is 0 Å². The molecule has 1 aliphatic heterocycles. The average molecular weight is 317 g/mol. The first kappa shape index (κ1) is 12.6. The van der Waals surface area contributed by atoms with Crippen LogP contribution in [0.2, 0.25) is 10.3 Å². The number of hydrogen-bond donors (Lipinski definition) is 0. The molecule has 0 aliphatic carbocycles. The standard InChI is InChI=1S/C9H6Cl2N6OS/c10-7-6(8(11)13-2-12-7)9-17(5(18)1-19-9)16-3-14-15-4-16/h2-4,9H,1H2. The van der Waals surface area contributed by atoms with E-state index in [9.17, 15) is 4.79 Å². The fourth-order valence-corrected chi connectivity index (χ4v) is 3.58. The molecule has 1 atom stereocenters. The lowest BCUT2D eigenvalue weighted by Gasteiger charge is -2.24. The van der Waals surface area contributed by atoms with Gasteiger partial charge in [-0.3, -0.25) is 4.79 Å². The van der Waals surface area contributed by atoms with Gasteiger partial charge in [0.2, 0.25) is 0 Å². The quantitative estimate of drug-likeness (QED) is 0.777. The minimum absolute atomic E-state index is 0.0919. The van der Waals surface area contributed by atoms with E-state index >= 15 is 0 Å². The Morgan fingerprint density at radius 1 is 1.21 bits per heavy atom. The molecule has 1 amide bonds. The van der Waals surface area contributed by atoms with Gasteiger partial charge in [0.25, 0.3) is 5.91 Å². The number of nitrogens with zero attached hydrogens (tertiary/aromatic N) is 6. The molecule has 7 nitrogen and oxygen atoms in total. The number of thioether (sulfide) groups is 1. The minimum Gasteiger partial charge on any atom is -0.272 e. The van der Waals surface area contributed by atoms with Crippen molar-refractivity contribution in [3.8, 4) is 0 Å². The van der Waals surface area contributed by atoms with Gasteiger partial charge in [-0.1, -0.05) is 23.2 Å². The first-order valence-electron chi connectivity index (χ1n) is 5.13. The van der Waals surface area contributed by atoms with Crippen LogP contribution in [0.15, 0.2) is 19.0 Å². The number of carbonyl (C=O) groups is 1. The van der Waals surface area contributed by atoms with Crippen LogP contribution in [-0.4, -0.2) is 36.5 Å². The van der Waals surface area contributed by atoms with Gasteiger partial charge in [-0.05, 0) is 0 Å². The van der Waals surface area contributed by atoms with Crippen LogP contribution < -0.4 is 5.01 Å². The van der Waals surface area contributed by atoms with Crippen molar-refractivity contribution < 1.29 is 4.79 Å². The molecule has 0 radical (unpaired) electrons. The van der Waals surface area contributed by atoms with Gasteiger partial charge in [-0.25, -0.2) is 19.7 Å². The maximum Gasteiger partial charge on any atom is 0.252 e. The van der Waals surface area contributed by atoms with Crippen molar-refractivity contribution in [1.29, 1.82) is 0 Å². The van der Waals surface area contributed by atoms with E-state index in [1.807, 2.05) is 0 Å². The number of halogens is 2. The number of hydrogen-bond acceptors (Lipinski definition) is 6. The van der Waals surface area contributed by atoms with Crippen molar-refractivity contribution >= 4 is 40.9 Å². The summed E-state index contributed by atoms with van der Waals surface area (Å²) in [6, 6.07) is 0. The molecule has 2 aromatic rings. The van der Waals surface area contributed by atoms with Crippen LogP contribution in [0, 0.1) is 0 Å². The van der Waals surface area contributed by atoms with Crippen molar-refractivity contribution in [3.63, 3.8) is 0 Å². The largest absolute Gasteiger partial charge is 0.272 e. The zero-order valence-corrected chi connectivity index (χ0v) is 11.6. The topological polar surface area (TPSA) is 76.8 Å². The van der Waals surface area contributed by atoms with Crippen molar-refractivity contribution in [2.75, 3.05) is 10.8 Å². The van der Waals surface area contributed by atoms with E-state index in [2.05, 4.69) is 20.2 Å². The molecular weight excluding hydrogens is 311 g/mol. The number of aromatic nitrogens is 5. The molecule has 0 aromatic carbocycles. The van der Waals surface area contributed by atoms with Gasteiger partial charge < -0.3 is 0 Å². The third kappa shape index (κ3) is 2.15. The number of amides is 1. The monoisotopic (exact) mass is 316 g/mol. The lowest BCUT2D eigenvalue weighted by atomic mass is 10.3. The molecule has 3 rings (SSSR count). The van der Waals surface area contributed by atoms with Crippen LogP contribution in [0.3, 0.4) is 0 Å². The van der Waals surface area contributed by atoms with E-state index in [4.69, 9.17) is 23.2 Å². The van der Waals surface area contributed by atoms with Crippen LogP contribution in [0.5, 0.6) is 0 Å². The molecular formula is C9H6Cl2N6OS. The second-order valence-electron chi connectivity index (χ2n) is 3.61. The molecule has 1 unspecified atom stereocenters. The van der Waals surface area contributed by atoms with E-state index in [-0.39, 0.29) is 16.2 Å². The Hall–Kier alpha value is -1.38. The summed E-state index contributed by atoms with van der Waals surface area (Å²) in [5, 5.41) is 8.90. The smallest absolute Gasteiger partial charge is 0.252 e. The van der Waals surface area contributed by atoms with Crippen LogP contribution in [0.4, 0.5) is 0 Å². The third-order valence-electron chi connectivity index (χ3n) is 2.53. The lowest BCUT2D eigenvalue weighted by molar-refractivity contribution is -0.117. The molecule has 98 valence electrons. The van der Waals surface area contributed by atoms with Gasteiger partial charge in [-0.15, -0.1) is 22.0 Å². The molecule has 1 saturated heterocycles. The summed E-state index contributed by atoms with van der Waals surface area (Å²) in [5.74, 6) is 0.218. The third-order valence-corrected chi connectivity index (χ3v) is 4.30. The highest BCUT2D eigenvalue weighted by Gasteiger charge is 2.37. The van der Waals surface area contributed by atoms with Crippen molar-refractivity contribution in [2.24, 2.45) is 0 Å². The van der Waals surface area contributed by atoms with Gasteiger partial charge in [0.1, 0.15) is 34.7 Å². The van der Waals surface area contributed by atoms with E-state index in [1.165, 1.54) is 40.4 Å². The van der Waals surface area contributed by atoms with Crippen LogP contribution >= 0.6 is 35.0 Å². The zero-order chi connectivity index (χ0) is 13.4. The van der Waals surface area contributed by atoms with Crippen molar-refractivity contribution in [1.82, 2.24) is 24.8 Å². The zero-order valence-electron chi connectivity index (χ0n) is 9.27. The second kappa shape index (κ2) is 4.95. The number of carbonyl (C=O) groups excluding carboxylic acids is 1. The van der Waals surface area contributed by atoms with Crippen molar-refractivity contribution in [2.45, 2.75) is 5.37 Å². The molecule has 0 N–H and O–H groups in total. The SMILES string of the molecule is O=C1CSC(c2c(Cl)ncnc2Cl)N1n1cnnc1. The number of rotatable bonds is 2. The van der Waals surface area contributed by atoms with Gasteiger partial charge >= 0.3 is 0 Å². The Bertz CT molecular complexity index is 601. The minimum atomic E-state index is -0.398. The Morgan fingerprint density at radius 3 is 2.47 bits per heavy atom. The van der Waals surface area contributed by atoms with E-state index in [1.54, 1.807) is 0 Å². The molecule has 2 aromatic heterocycles. The van der Waals surface area contributed by atoms with Crippen LogP contribution in [0.25, 0.3) is 0 Å². The maximum absolute atomic E-state index is 12.0. The summed E-state index contributed by atoms with van der Waals surface area (Å²) in [4.78, 5) is 19.8. The predicted octanol–water partition coefficient (Wildman–Crippen LogP) is 1.29. The molecule has 19 heavy (non-hydrogen) atoms. The first-order chi connectivity index (χ1) is 9.18. The van der Waals surface area contributed by atoms with Gasteiger partial charge in [0, 0.05) is 0 Å². The molecule has 10 heteroatoms. The van der Waals surface area contributed by atoms with Crippen LogP contribution in [-0.2, 0) is 4.79 Å². The fourth-order valence-electron chi connectivity index (χ4n) is 1.74. The Balaban J connectivity index is 2.07. The molecule has 0 saturated carbocycles. The summed E-state index contributed by atoms with van der Waals surface area (Å²) < 4.78 is 1.49. The lowest BCUT2D eigenvalue weighted by Crippen LogP contribution is -2.37.